The van der Waals surface area contributed by atoms with Crippen LogP contribution in [0, 0.1) is 0 Å². The van der Waals surface area contributed by atoms with E-state index in [9.17, 15) is 9.59 Å². The number of ketones is 1. The minimum atomic E-state index is -0.560. The lowest BCUT2D eigenvalue weighted by atomic mass is 10.1. The summed E-state index contributed by atoms with van der Waals surface area (Å²) < 4.78 is 10.8. The maximum atomic E-state index is 13.1. The number of pyridine rings is 1. The van der Waals surface area contributed by atoms with Crippen LogP contribution in [0.2, 0.25) is 0 Å². The highest BCUT2D eigenvalue weighted by Crippen LogP contribution is 2.32. The number of aromatic amines is 1. The number of methoxy groups -OCH3 is 1. The second-order valence-electron chi connectivity index (χ2n) is 7.23. The number of ether oxygens (including phenoxy) is 2. The summed E-state index contributed by atoms with van der Waals surface area (Å²) in [5, 5.41) is 1.20. The van der Waals surface area contributed by atoms with Crippen LogP contribution >= 0.6 is 11.8 Å². The van der Waals surface area contributed by atoms with Crippen LogP contribution in [-0.4, -0.2) is 96.3 Å². The van der Waals surface area contributed by atoms with Crippen LogP contribution in [0.5, 0.6) is 5.75 Å². The van der Waals surface area contributed by atoms with Crippen molar-refractivity contribution >= 4 is 39.4 Å². The summed E-state index contributed by atoms with van der Waals surface area (Å²) in [6.45, 7) is 5.60. The van der Waals surface area contributed by atoms with Gasteiger partial charge >= 0.3 is 0 Å². The van der Waals surface area contributed by atoms with Crippen molar-refractivity contribution < 1.29 is 19.1 Å². The molecule has 1 saturated heterocycles. The van der Waals surface area contributed by atoms with E-state index in [4.69, 9.17) is 9.47 Å². The molecule has 1 aliphatic rings. The molecule has 9 nitrogen and oxygen atoms in total. The SMILES string of the molecule is CCOC/C=C/N=C(SC)c1ncc(OC)c2c(C(=O)C(=O)N3CCN(C)CC3)c[nH]c12. The van der Waals surface area contributed by atoms with E-state index in [1.807, 2.05) is 26.3 Å². The first-order valence-electron chi connectivity index (χ1n) is 10.4. The molecule has 1 amide bonds. The molecule has 0 bridgehead atoms. The van der Waals surface area contributed by atoms with Gasteiger partial charge in [0, 0.05) is 45.2 Å². The Morgan fingerprint density at radius 3 is 2.72 bits per heavy atom. The molecule has 32 heavy (non-hydrogen) atoms. The topological polar surface area (TPSA) is 100 Å². The summed E-state index contributed by atoms with van der Waals surface area (Å²) in [7, 11) is 3.51. The Kier molecular flexibility index (Phi) is 8.43. The predicted octanol–water partition coefficient (Wildman–Crippen LogP) is 2.19. The number of rotatable bonds is 8. The second-order valence-corrected chi connectivity index (χ2v) is 8.03. The number of thioether (sulfide) groups is 1. The molecule has 172 valence electrons. The van der Waals surface area contributed by atoms with Gasteiger partial charge in [-0.2, -0.15) is 0 Å². The summed E-state index contributed by atoms with van der Waals surface area (Å²) in [6.07, 6.45) is 8.50. The van der Waals surface area contributed by atoms with E-state index in [1.54, 1.807) is 23.5 Å². The number of aliphatic imine (C=N–C) groups is 1. The number of nitrogens with zero attached hydrogens (tertiary/aromatic N) is 4. The largest absolute Gasteiger partial charge is 0.494 e. The summed E-state index contributed by atoms with van der Waals surface area (Å²) in [5.41, 5.74) is 1.46. The van der Waals surface area contributed by atoms with Crippen molar-refractivity contribution in [1.29, 1.82) is 0 Å². The highest BCUT2D eigenvalue weighted by Gasteiger charge is 2.29. The van der Waals surface area contributed by atoms with E-state index in [-0.39, 0.29) is 5.56 Å². The lowest BCUT2D eigenvalue weighted by molar-refractivity contribution is -0.127. The Bertz CT molecular complexity index is 1020. The van der Waals surface area contributed by atoms with Crippen molar-refractivity contribution in [3.8, 4) is 5.75 Å². The molecule has 2 aromatic heterocycles. The van der Waals surface area contributed by atoms with Crippen molar-refractivity contribution in [2.75, 3.05) is 59.8 Å². The van der Waals surface area contributed by atoms with Gasteiger partial charge < -0.3 is 24.3 Å². The molecule has 3 heterocycles. The van der Waals surface area contributed by atoms with Crippen LogP contribution in [0.4, 0.5) is 0 Å². The number of likely N-dealkylation sites (N-methyl/N-ethyl adjacent to an activating group) is 1. The van der Waals surface area contributed by atoms with Crippen LogP contribution < -0.4 is 4.74 Å². The van der Waals surface area contributed by atoms with Crippen LogP contribution in [0.25, 0.3) is 10.9 Å². The highest BCUT2D eigenvalue weighted by molar-refractivity contribution is 8.13. The quantitative estimate of drug-likeness (QED) is 0.212. The third-order valence-corrected chi connectivity index (χ3v) is 5.92. The van der Waals surface area contributed by atoms with Crippen molar-refractivity contribution in [3.05, 3.63) is 35.9 Å². The average Bonchev–Trinajstić information content (AvgIpc) is 3.26. The summed E-state index contributed by atoms with van der Waals surface area (Å²) >= 11 is 1.43. The molecule has 3 rings (SSSR count). The summed E-state index contributed by atoms with van der Waals surface area (Å²) in [5.74, 6) is -0.639. The Morgan fingerprint density at radius 1 is 1.31 bits per heavy atom. The monoisotopic (exact) mass is 459 g/mol. The molecule has 0 radical (unpaired) electrons. The van der Waals surface area contributed by atoms with Crippen molar-refractivity contribution in [2.24, 2.45) is 4.99 Å². The fraction of sp³-hybridized carbons (Fsp3) is 0.455. The van der Waals surface area contributed by atoms with Crippen LogP contribution in [0.1, 0.15) is 23.0 Å². The first kappa shape index (κ1) is 24.0. The minimum Gasteiger partial charge on any atom is -0.494 e. The zero-order valence-electron chi connectivity index (χ0n) is 18.9. The van der Waals surface area contributed by atoms with Gasteiger partial charge in [0.2, 0.25) is 0 Å². The van der Waals surface area contributed by atoms with Gasteiger partial charge in [0.25, 0.3) is 11.7 Å². The summed E-state index contributed by atoms with van der Waals surface area (Å²) in [4.78, 5) is 41.9. The van der Waals surface area contributed by atoms with Gasteiger partial charge in [-0.25, -0.2) is 9.98 Å². The Hall–Kier alpha value is -2.69. The number of carbonyl (C=O) groups is 2. The van der Waals surface area contributed by atoms with E-state index in [2.05, 4.69) is 19.9 Å². The molecule has 1 aliphatic heterocycles. The molecule has 0 atom stereocenters. The molecule has 0 unspecified atom stereocenters. The first-order chi connectivity index (χ1) is 15.5. The van der Waals surface area contributed by atoms with E-state index < -0.39 is 11.7 Å². The van der Waals surface area contributed by atoms with E-state index in [0.29, 0.717) is 53.7 Å². The molecule has 0 spiro atoms. The minimum absolute atomic E-state index is 0.275. The zero-order valence-corrected chi connectivity index (χ0v) is 19.7. The Balaban J connectivity index is 1.96. The molecule has 1 N–H and O–H groups in total. The fourth-order valence-electron chi connectivity index (χ4n) is 3.44. The number of carbonyl (C=O) groups excluding carboxylic acids is 2. The number of aromatic nitrogens is 2. The van der Waals surface area contributed by atoms with Crippen molar-refractivity contribution in [3.63, 3.8) is 0 Å². The van der Waals surface area contributed by atoms with Gasteiger partial charge in [-0.1, -0.05) is 0 Å². The van der Waals surface area contributed by atoms with Gasteiger partial charge in [0.1, 0.15) is 16.5 Å². The number of Topliss-reactive ketones (excluding diaryl/α,β-unsaturated/α-hetero) is 1. The second kappa shape index (κ2) is 11.3. The molecular weight excluding hydrogens is 430 g/mol. The van der Waals surface area contributed by atoms with Crippen molar-refractivity contribution in [2.45, 2.75) is 6.92 Å². The van der Waals surface area contributed by atoms with Crippen LogP contribution in [0.3, 0.4) is 0 Å². The molecule has 0 saturated carbocycles. The first-order valence-corrected chi connectivity index (χ1v) is 11.6. The molecule has 10 heteroatoms. The molecular formula is C22H29N5O4S. The maximum absolute atomic E-state index is 13.1. The van der Waals surface area contributed by atoms with Crippen LogP contribution in [0.15, 0.2) is 29.7 Å². The van der Waals surface area contributed by atoms with Gasteiger partial charge in [-0.15, -0.1) is 11.8 Å². The molecule has 2 aromatic rings. The maximum Gasteiger partial charge on any atom is 0.295 e. The normalized spacial score (nSPS) is 15.6. The van der Waals surface area contributed by atoms with E-state index in [0.717, 1.165) is 13.1 Å². The van der Waals surface area contributed by atoms with Gasteiger partial charge in [-0.05, 0) is 26.3 Å². The number of amides is 1. The molecule has 1 fully saturated rings. The van der Waals surface area contributed by atoms with Gasteiger partial charge in [0.15, 0.2) is 0 Å². The number of piperazine rings is 1. The number of hydrogen-bond acceptors (Lipinski definition) is 8. The predicted molar refractivity (Wildman–Crippen MR) is 127 cm³/mol. The van der Waals surface area contributed by atoms with Gasteiger partial charge in [0.05, 0.1) is 36.4 Å². The number of fused-ring (bicyclic) bond motifs is 1. The molecule has 0 aliphatic carbocycles. The van der Waals surface area contributed by atoms with Crippen LogP contribution in [-0.2, 0) is 9.53 Å². The fourth-order valence-corrected chi connectivity index (χ4v) is 3.96. The molecule has 0 aromatic carbocycles. The number of H-pyrrole nitrogens is 1. The van der Waals surface area contributed by atoms with E-state index >= 15 is 0 Å². The number of hydrogen-bond donors (Lipinski definition) is 1. The average molecular weight is 460 g/mol. The Labute approximate surface area is 191 Å². The van der Waals surface area contributed by atoms with Gasteiger partial charge in [-0.3, -0.25) is 9.59 Å². The standard InChI is InChI=1S/C22H29N5O4S/c1-5-31-12-6-7-23-21(32-4)19-18-17(16(30-3)14-25-19)15(13-24-18)20(28)22(29)27-10-8-26(2)9-11-27/h6-7,13-14,24H,5,8-12H2,1-4H3/b7-6+,23-21?. The Morgan fingerprint density at radius 2 is 2.06 bits per heavy atom. The van der Waals surface area contributed by atoms with Crippen molar-refractivity contribution in [1.82, 2.24) is 19.8 Å². The third-order valence-electron chi connectivity index (χ3n) is 5.23. The summed E-state index contributed by atoms with van der Waals surface area (Å²) in [6, 6.07) is 0. The lowest BCUT2D eigenvalue weighted by Crippen LogP contribution is -2.49. The van der Waals surface area contributed by atoms with E-state index in [1.165, 1.54) is 18.9 Å². The number of nitrogens with one attached hydrogen (secondary N) is 1. The highest BCUT2D eigenvalue weighted by atomic mass is 32.2. The lowest BCUT2D eigenvalue weighted by Gasteiger charge is -2.31. The third kappa shape index (κ3) is 5.20. The smallest absolute Gasteiger partial charge is 0.295 e. The zero-order chi connectivity index (χ0) is 23.1.